The van der Waals surface area contributed by atoms with Crippen molar-refractivity contribution in [1.29, 1.82) is 0 Å². The van der Waals surface area contributed by atoms with E-state index in [1.54, 1.807) is 0 Å². The Bertz CT molecular complexity index is 820. The molecule has 2 heterocycles. The fraction of sp³-hybridized carbons (Fsp3) is 0.400. The van der Waals surface area contributed by atoms with E-state index in [4.69, 9.17) is 0 Å². The topological polar surface area (TPSA) is 54.3 Å². The van der Waals surface area contributed by atoms with Crippen LogP contribution >= 0.6 is 22.6 Å². The fourth-order valence-electron chi connectivity index (χ4n) is 3.51. The number of carbonyl (C=O) groups excluding carboxylic acids is 2. The van der Waals surface area contributed by atoms with Gasteiger partial charge in [-0.25, -0.2) is 0 Å². The summed E-state index contributed by atoms with van der Waals surface area (Å²) in [5, 5.41) is 3.15. The number of hydrogen-bond donors (Lipinski definition) is 1. The first-order valence-corrected chi connectivity index (χ1v) is 10.2. The molecule has 0 unspecified atom stereocenters. The molecule has 4 rings (SSSR count). The molecule has 2 aromatic rings. The minimum absolute atomic E-state index is 0.0548. The van der Waals surface area contributed by atoms with Gasteiger partial charge in [0.1, 0.15) is 5.69 Å². The molecule has 26 heavy (non-hydrogen) atoms. The van der Waals surface area contributed by atoms with E-state index in [0.717, 1.165) is 48.0 Å². The average molecular weight is 463 g/mol. The van der Waals surface area contributed by atoms with E-state index in [9.17, 15) is 9.59 Å². The molecular weight excluding hydrogens is 441 g/mol. The zero-order valence-electron chi connectivity index (χ0n) is 14.5. The first-order chi connectivity index (χ1) is 12.6. The maximum atomic E-state index is 12.8. The number of hydrogen-bond acceptors (Lipinski definition) is 2. The van der Waals surface area contributed by atoms with E-state index < -0.39 is 0 Å². The Balaban J connectivity index is 1.39. The molecule has 1 N–H and O–H groups in total. The Hall–Kier alpha value is -1.83. The second-order valence-corrected chi connectivity index (χ2v) is 8.34. The number of piperidine rings is 1. The molecule has 1 aromatic carbocycles. The van der Waals surface area contributed by atoms with Crippen LogP contribution in [0.15, 0.2) is 42.6 Å². The molecule has 1 aliphatic heterocycles. The molecule has 2 aliphatic rings. The van der Waals surface area contributed by atoms with Crippen molar-refractivity contribution in [3.8, 4) is 5.69 Å². The third kappa shape index (κ3) is 3.79. The first kappa shape index (κ1) is 17.6. The largest absolute Gasteiger partial charge is 0.348 e. The van der Waals surface area contributed by atoms with E-state index >= 15 is 0 Å². The lowest BCUT2D eigenvalue weighted by molar-refractivity contribution is -0.133. The first-order valence-electron chi connectivity index (χ1n) is 9.15. The predicted octanol–water partition coefficient (Wildman–Crippen LogP) is 3.21. The van der Waals surface area contributed by atoms with Crippen LogP contribution in [0.2, 0.25) is 0 Å². The molecule has 0 radical (unpaired) electrons. The molecule has 5 nitrogen and oxygen atoms in total. The summed E-state index contributed by atoms with van der Waals surface area (Å²) in [6.07, 6.45) is 5.66. The molecule has 136 valence electrons. The zero-order chi connectivity index (χ0) is 18.1. The van der Waals surface area contributed by atoms with Gasteiger partial charge >= 0.3 is 0 Å². The Morgan fingerprint density at radius 3 is 2.50 bits per heavy atom. The highest BCUT2D eigenvalue weighted by Crippen LogP contribution is 2.31. The highest BCUT2D eigenvalue weighted by molar-refractivity contribution is 14.1. The zero-order valence-corrected chi connectivity index (χ0v) is 16.7. The van der Waals surface area contributed by atoms with Gasteiger partial charge in [0.05, 0.1) is 0 Å². The van der Waals surface area contributed by atoms with Gasteiger partial charge < -0.3 is 14.8 Å². The molecule has 1 aliphatic carbocycles. The van der Waals surface area contributed by atoms with Gasteiger partial charge in [0.15, 0.2) is 0 Å². The minimum atomic E-state index is -0.0548. The lowest BCUT2D eigenvalue weighted by Gasteiger charge is -2.32. The van der Waals surface area contributed by atoms with Crippen LogP contribution in [0.1, 0.15) is 36.2 Å². The Kier molecular flexibility index (Phi) is 5.02. The number of benzene rings is 1. The highest BCUT2D eigenvalue weighted by atomic mass is 127. The van der Waals surface area contributed by atoms with Gasteiger partial charge in [-0.1, -0.05) is 6.07 Å². The fourth-order valence-corrected chi connectivity index (χ4v) is 4.04. The van der Waals surface area contributed by atoms with E-state index in [1.165, 1.54) is 0 Å². The van der Waals surface area contributed by atoms with Crippen LogP contribution in [0.4, 0.5) is 0 Å². The number of halogens is 1. The average Bonchev–Trinajstić information content (AvgIpc) is 3.38. The van der Waals surface area contributed by atoms with Gasteiger partial charge in [0.2, 0.25) is 5.91 Å². The number of amides is 2. The molecule has 0 spiro atoms. The van der Waals surface area contributed by atoms with Crippen molar-refractivity contribution in [3.63, 3.8) is 0 Å². The molecular formula is C20H22IN3O2. The number of carbonyl (C=O) groups is 2. The number of likely N-dealkylation sites (tertiary alicyclic amines) is 1. The molecule has 1 saturated heterocycles. The lowest BCUT2D eigenvalue weighted by atomic mass is 10.0. The molecule has 2 amide bonds. The van der Waals surface area contributed by atoms with Crippen LogP contribution < -0.4 is 5.32 Å². The van der Waals surface area contributed by atoms with E-state index in [0.29, 0.717) is 11.6 Å². The summed E-state index contributed by atoms with van der Waals surface area (Å²) in [6.45, 7) is 1.50. The summed E-state index contributed by atoms with van der Waals surface area (Å²) in [5.74, 6) is 0.529. The van der Waals surface area contributed by atoms with Crippen molar-refractivity contribution in [3.05, 3.63) is 51.9 Å². The monoisotopic (exact) mass is 463 g/mol. The second-order valence-electron chi connectivity index (χ2n) is 7.09. The smallest absolute Gasteiger partial charge is 0.268 e. The summed E-state index contributed by atoms with van der Waals surface area (Å²) in [5.41, 5.74) is 1.63. The second kappa shape index (κ2) is 7.42. The lowest BCUT2D eigenvalue weighted by Crippen LogP contribution is -2.47. The standard InChI is InChI=1S/C20H22IN3O2/c21-15-3-1-4-17(13-15)24-10-2-5-18(24)19(25)22-16-8-11-23(12-9-16)20(26)14-6-7-14/h1-5,10,13-14,16H,6-9,11-12H2,(H,22,25). The summed E-state index contributed by atoms with van der Waals surface area (Å²) >= 11 is 2.27. The van der Waals surface area contributed by atoms with Crippen LogP contribution in [0.3, 0.4) is 0 Å². The van der Waals surface area contributed by atoms with Crippen molar-refractivity contribution in [1.82, 2.24) is 14.8 Å². The van der Waals surface area contributed by atoms with Gasteiger partial charge in [-0.3, -0.25) is 9.59 Å². The van der Waals surface area contributed by atoms with Gasteiger partial charge in [0.25, 0.3) is 5.91 Å². The van der Waals surface area contributed by atoms with Gasteiger partial charge in [-0.05, 0) is 78.6 Å². The van der Waals surface area contributed by atoms with Crippen LogP contribution in [-0.4, -0.2) is 40.4 Å². The Labute approximate surface area is 166 Å². The number of nitrogens with one attached hydrogen (secondary N) is 1. The van der Waals surface area contributed by atoms with Crippen molar-refractivity contribution in [2.24, 2.45) is 5.92 Å². The maximum Gasteiger partial charge on any atom is 0.268 e. The van der Waals surface area contributed by atoms with Crippen molar-refractivity contribution >= 4 is 34.4 Å². The summed E-state index contributed by atoms with van der Waals surface area (Å²) in [6, 6.07) is 12.0. The normalized spacial score (nSPS) is 18.0. The third-order valence-electron chi connectivity index (χ3n) is 5.14. The van der Waals surface area contributed by atoms with Crippen LogP contribution in [0.25, 0.3) is 5.69 Å². The Morgan fingerprint density at radius 2 is 1.81 bits per heavy atom. The van der Waals surface area contributed by atoms with E-state index in [1.807, 2.05) is 46.0 Å². The van der Waals surface area contributed by atoms with Crippen LogP contribution in [-0.2, 0) is 4.79 Å². The summed E-state index contributed by atoms with van der Waals surface area (Å²) in [4.78, 5) is 26.9. The summed E-state index contributed by atoms with van der Waals surface area (Å²) < 4.78 is 3.05. The van der Waals surface area contributed by atoms with Crippen LogP contribution in [0.5, 0.6) is 0 Å². The van der Waals surface area contributed by atoms with Gasteiger partial charge in [-0.15, -0.1) is 0 Å². The molecule has 0 atom stereocenters. The van der Waals surface area contributed by atoms with E-state index in [2.05, 4.69) is 34.0 Å². The van der Waals surface area contributed by atoms with Crippen LogP contribution in [0, 0.1) is 9.49 Å². The SMILES string of the molecule is O=C(NC1CCN(C(=O)C2CC2)CC1)c1cccn1-c1cccc(I)c1. The van der Waals surface area contributed by atoms with Crippen molar-refractivity contribution < 1.29 is 9.59 Å². The molecule has 2 fully saturated rings. The number of aromatic nitrogens is 1. The Morgan fingerprint density at radius 1 is 1.04 bits per heavy atom. The van der Waals surface area contributed by atoms with Crippen molar-refractivity contribution in [2.45, 2.75) is 31.7 Å². The minimum Gasteiger partial charge on any atom is -0.348 e. The molecule has 0 bridgehead atoms. The molecule has 1 saturated carbocycles. The number of nitrogens with zero attached hydrogens (tertiary/aromatic N) is 2. The van der Waals surface area contributed by atoms with Crippen molar-refractivity contribution in [2.75, 3.05) is 13.1 Å². The highest BCUT2D eigenvalue weighted by Gasteiger charge is 2.35. The van der Waals surface area contributed by atoms with E-state index in [-0.39, 0.29) is 17.9 Å². The van der Waals surface area contributed by atoms with Gasteiger partial charge in [-0.2, -0.15) is 0 Å². The maximum absolute atomic E-state index is 12.8. The third-order valence-corrected chi connectivity index (χ3v) is 5.81. The van der Waals surface area contributed by atoms with Gasteiger partial charge in [0, 0.05) is 40.5 Å². The predicted molar refractivity (Wildman–Crippen MR) is 108 cm³/mol. The quantitative estimate of drug-likeness (QED) is 0.709. The number of rotatable bonds is 4. The summed E-state index contributed by atoms with van der Waals surface area (Å²) in [7, 11) is 0. The molecule has 1 aromatic heterocycles. The molecule has 6 heteroatoms.